The smallest absolute Gasteiger partial charge is 0.212 e. The summed E-state index contributed by atoms with van der Waals surface area (Å²) in [5.74, 6) is 0.400. The van der Waals surface area contributed by atoms with E-state index >= 15 is 0 Å². The number of allylic oxidation sites excluding steroid dienone is 4. The minimum atomic E-state index is -1.82. The number of carbonyl (C=O) groups excluding carboxylic acids is 1. The number of hydrogen-bond acceptors (Lipinski definition) is 5. The lowest BCUT2D eigenvalue weighted by Crippen LogP contribution is -2.57. The Morgan fingerprint density at radius 2 is 1.44 bits per heavy atom. The average Bonchev–Trinajstić information content (AvgIpc) is 3.21. The van der Waals surface area contributed by atoms with E-state index in [4.69, 9.17) is 9.47 Å². The van der Waals surface area contributed by atoms with E-state index in [0.717, 1.165) is 0 Å². The Bertz CT molecular complexity index is 534. The fraction of sp³-hybridized carbons (Fsp3) is 0.308. The predicted octanol–water partition coefficient (Wildman–Crippen LogP) is -0.277. The van der Waals surface area contributed by atoms with E-state index in [0.29, 0.717) is 11.5 Å². The number of ketones is 1. The van der Waals surface area contributed by atoms with E-state index in [1.165, 1.54) is 12.2 Å². The van der Waals surface area contributed by atoms with Gasteiger partial charge in [0, 0.05) is 0 Å². The molecule has 0 bridgehead atoms. The van der Waals surface area contributed by atoms with Crippen LogP contribution < -0.4 is 0 Å². The van der Waals surface area contributed by atoms with Gasteiger partial charge in [-0.3, -0.25) is 4.79 Å². The summed E-state index contributed by atoms with van der Waals surface area (Å²) in [6, 6.07) is 0. The van der Waals surface area contributed by atoms with Crippen LogP contribution >= 0.6 is 0 Å². The molecule has 0 aromatic carbocycles. The van der Waals surface area contributed by atoms with Crippen molar-refractivity contribution in [2.75, 3.05) is 0 Å². The third-order valence-corrected chi connectivity index (χ3v) is 3.66. The van der Waals surface area contributed by atoms with Crippen LogP contribution in [-0.2, 0) is 14.3 Å². The zero-order valence-corrected chi connectivity index (χ0v) is 9.24. The molecule has 4 rings (SSSR count). The molecule has 92 valence electrons. The van der Waals surface area contributed by atoms with Gasteiger partial charge in [-0.25, -0.2) is 0 Å². The van der Waals surface area contributed by atoms with Crippen molar-refractivity contribution in [3.63, 3.8) is 0 Å². The summed E-state index contributed by atoms with van der Waals surface area (Å²) in [6.45, 7) is 0. The summed E-state index contributed by atoms with van der Waals surface area (Å²) in [5, 5.41) is 20.9. The van der Waals surface area contributed by atoms with Crippen molar-refractivity contribution >= 4 is 5.78 Å². The molecule has 18 heavy (non-hydrogen) atoms. The molecule has 4 unspecified atom stereocenters. The maximum absolute atomic E-state index is 12.5. The molecule has 2 fully saturated rings. The van der Waals surface area contributed by atoms with E-state index < -0.39 is 29.2 Å². The molecule has 0 radical (unpaired) electrons. The van der Waals surface area contributed by atoms with Gasteiger partial charge in [-0.2, -0.15) is 0 Å². The normalized spacial score (nSPS) is 45.9. The van der Waals surface area contributed by atoms with Gasteiger partial charge in [0.15, 0.2) is 23.4 Å². The number of hydrogen-bond donors (Lipinski definition) is 2. The molecule has 0 aromatic heterocycles. The number of ether oxygens (including phenoxy) is 2. The number of Topliss-reactive ketones (excluding diaryl/α,β-unsaturated/α-hetero) is 1. The van der Waals surface area contributed by atoms with E-state index in [9.17, 15) is 15.0 Å². The zero-order valence-electron chi connectivity index (χ0n) is 9.24. The van der Waals surface area contributed by atoms with Gasteiger partial charge >= 0.3 is 0 Å². The molecular weight excluding hydrogens is 236 g/mol. The van der Waals surface area contributed by atoms with Crippen LogP contribution in [0.3, 0.4) is 0 Å². The maximum atomic E-state index is 12.5. The van der Waals surface area contributed by atoms with Gasteiger partial charge in [0.2, 0.25) is 5.78 Å². The molecule has 5 nitrogen and oxygen atoms in total. The highest BCUT2D eigenvalue weighted by Crippen LogP contribution is 2.47. The molecule has 2 saturated heterocycles. The van der Waals surface area contributed by atoms with Crippen molar-refractivity contribution < 1.29 is 24.5 Å². The summed E-state index contributed by atoms with van der Waals surface area (Å²) in [7, 11) is 0. The summed E-state index contributed by atoms with van der Waals surface area (Å²) in [5.41, 5.74) is -3.64. The van der Waals surface area contributed by atoms with Gasteiger partial charge in [0.1, 0.15) is 11.5 Å². The molecule has 4 aliphatic rings. The Hall–Kier alpha value is -1.85. The topological polar surface area (TPSA) is 82.6 Å². The van der Waals surface area contributed by atoms with E-state index in [-0.39, 0.29) is 0 Å². The molecule has 5 heteroatoms. The molecule has 4 atom stereocenters. The number of epoxide rings is 2. The third kappa shape index (κ3) is 1.06. The van der Waals surface area contributed by atoms with Crippen molar-refractivity contribution in [1.82, 2.24) is 0 Å². The highest BCUT2D eigenvalue weighted by Gasteiger charge is 2.66. The first-order valence-corrected chi connectivity index (χ1v) is 5.67. The lowest BCUT2D eigenvalue weighted by atomic mass is 9.78. The van der Waals surface area contributed by atoms with Gasteiger partial charge in [-0.1, -0.05) is 12.2 Å². The minimum absolute atomic E-state index is 0.559. The summed E-state index contributed by atoms with van der Waals surface area (Å²) < 4.78 is 10.3. The second-order valence-electron chi connectivity index (χ2n) is 4.83. The van der Waals surface area contributed by atoms with Crippen LogP contribution in [0, 0.1) is 0 Å². The highest BCUT2D eigenvalue weighted by atomic mass is 16.6. The molecule has 0 spiro atoms. The Kier molecular flexibility index (Phi) is 1.55. The van der Waals surface area contributed by atoms with Crippen molar-refractivity contribution in [2.24, 2.45) is 0 Å². The lowest BCUT2D eigenvalue weighted by molar-refractivity contribution is -0.151. The first-order valence-electron chi connectivity index (χ1n) is 5.67. The molecule has 2 heterocycles. The fourth-order valence-electron chi connectivity index (χ4n) is 2.54. The molecular formula is C13H10O5. The van der Waals surface area contributed by atoms with Gasteiger partial charge in [0.05, 0.1) is 0 Å². The number of aliphatic hydroxyl groups is 2. The monoisotopic (exact) mass is 246 g/mol. The molecule has 0 amide bonds. The molecule has 2 aliphatic heterocycles. The Morgan fingerprint density at radius 3 is 1.89 bits per heavy atom. The molecule has 2 aliphatic carbocycles. The standard InChI is InChI=1S/C13H10O5/c14-11(12(15)5-1-3-7-9(12)17-7)13(16)6-2-4-8-10(13)18-8/h1-6,9-10,15-16H. The minimum Gasteiger partial charge on any atom is -0.479 e. The zero-order chi connectivity index (χ0) is 12.5. The Balaban J connectivity index is 1.72. The van der Waals surface area contributed by atoms with Crippen LogP contribution in [-0.4, -0.2) is 39.4 Å². The predicted molar refractivity (Wildman–Crippen MR) is 59.1 cm³/mol. The Labute approximate surface area is 102 Å². The van der Waals surface area contributed by atoms with E-state index in [2.05, 4.69) is 0 Å². The largest absolute Gasteiger partial charge is 0.479 e. The number of rotatable bonds is 2. The lowest BCUT2D eigenvalue weighted by Gasteiger charge is -2.29. The second-order valence-corrected chi connectivity index (χ2v) is 4.83. The van der Waals surface area contributed by atoms with Crippen molar-refractivity contribution in [1.29, 1.82) is 0 Å². The highest BCUT2D eigenvalue weighted by molar-refractivity contribution is 6.01. The SMILES string of the molecule is O=C(C1(O)C=CC=C2OC21)C1(O)C=CC=C2OC21. The van der Waals surface area contributed by atoms with Gasteiger partial charge in [-0.05, 0) is 24.3 Å². The van der Waals surface area contributed by atoms with Crippen LogP contribution in [0.1, 0.15) is 0 Å². The van der Waals surface area contributed by atoms with Crippen LogP contribution in [0.25, 0.3) is 0 Å². The first-order chi connectivity index (χ1) is 8.56. The summed E-state index contributed by atoms with van der Waals surface area (Å²) in [4.78, 5) is 12.5. The summed E-state index contributed by atoms with van der Waals surface area (Å²) >= 11 is 0. The van der Waals surface area contributed by atoms with Crippen molar-refractivity contribution in [3.05, 3.63) is 48.0 Å². The summed E-state index contributed by atoms with van der Waals surface area (Å²) in [6.07, 6.45) is 7.82. The quantitative estimate of drug-likeness (QED) is 0.655. The Morgan fingerprint density at radius 1 is 1.00 bits per heavy atom. The average molecular weight is 246 g/mol. The van der Waals surface area contributed by atoms with Gasteiger partial charge in [-0.15, -0.1) is 0 Å². The van der Waals surface area contributed by atoms with E-state index in [1.807, 2.05) is 0 Å². The fourth-order valence-corrected chi connectivity index (χ4v) is 2.54. The van der Waals surface area contributed by atoms with Crippen LogP contribution in [0.4, 0.5) is 0 Å². The molecule has 2 N–H and O–H groups in total. The number of fused-ring (bicyclic) bond motifs is 2. The maximum Gasteiger partial charge on any atom is 0.212 e. The van der Waals surface area contributed by atoms with Gasteiger partial charge < -0.3 is 19.7 Å². The van der Waals surface area contributed by atoms with Crippen molar-refractivity contribution in [3.8, 4) is 0 Å². The molecule has 0 saturated carbocycles. The first kappa shape index (κ1) is 10.1. The second kappa shape index (κ2) is 2.76. The van der Waals surface area contributed by atoms with Crippen LogP contribution in [0.2, 0.25) is 0 Å². The number of carbonyl (C=O) groups is 1. The van der Waals surface area contributed by atoms with Crippen molar-refractivity contribution in [2.45, 2.75) is 23.4 Å². The molecule has 0 aromatic rings. The third-order valence-electron chi connectivity index (χ3n) is 3.66. The van der Waals surface area contributed by atoms with E-state index in [1.54, 1.807) is 24.3 Å². The van der Waals surface area contributed by atoms with Crippen LogP contribution in [0.15, 0.2) is 48.0 Å². The van der Waals surface area contributed by atoms with Crippen LogP contribution in [0.5, 0.6) is 0 Å². The van der Waals surface area contributed by atoms with Gasteiger partial charge in [0.25, 0.3) is 0 Å².